The van der Waals surface area contributed by atoms with Crippen LogP contribution in [-0.2, 0) is 0 Å². The fourth-order valence-electron chi connectivity index (χ4n) is 1.17. The zero-order valence-electron chi connectivity index (χ0n) is 8.01. The highest BCUT2D eigenvalue weighted by atomic mass is 16.5. The molecule has 1 radical (unpaired) electrons. The van der Waals surface area contributed by atoms with Crippen LogP contribution in [-0.4, -0.2) is 5.97 Å². The number of ether oxygens (including phenoxy) is 1. The van der Waals surface area contributed by atoms with E-state index >= 15 is 0 Å². The zero-order valence-corrected chi connectivity index (χ0v) is 8.01. The summed E-state index contributed by atoms with van der Waals surface area (Å²) in [6.45, 7) is 0. The van der Waals surface area contributed by atoms with Crippen molar-refractivity contribution in [1.82, 2.24) is 0 Å². The molecule has 73 valence electrons. The Bertz CT molecular complexity index is 435. The maximum absolute atomic E-state index is 11.6. The van der Waals surface area contributed by atoms with Gasteiger partial charge in [-0.15, -0.1) is 0 Å². The van der Waals surface area contributed by atoms with E-state index in [1.807, 2.05) is 18.2 Å². The van der Waals surface area contributed by atoms with Gasteiger partial charge in [-0.25, -0.2) is 4.79 Å². The van der Waals surface area contributed by atoms with Crippen molar-refractivity contribution in [3.8, 4) is 5.75 Å². The SMILES string of the molecule is O=C(Oc1ccccc1)c1[c]cccc1. The van der Waals surface area contributed by atoms with Gasteiger partial charge in [0.1, 0.15) is 5.75 Å². The Balaban J connectivity index is 2.12. The standard InChI is InChI=1S/C13H9O2/c14-13(11-7-3-1-4-8-11)15-12-9-5-2-6-10-12/h1-7,9-10H. The van der Waals surface area contributed by atoms with Crippen molar-refractivity contribution in [3.63, 3.8) is 0 Å². The number of benzene rings is 2. The van der Waals surface area contributed by atoms with Crippen LogP contribution in [0.2, 0.25) is 0 Å². The Hall–Kier alpha value is -2.09. The average Bonchev–Trinajstić information content (AvgIpc) is 2.31. The van der Waals surface area contributed by atoms with Crippen molar-refractivity contribution in [2.24, 2.45) is 0 Å². The molecule has 0 aliphatic heterocycles. The van der Waals surface area contributed by atoms with Crippen LogP contribution in [0.1, 0.15) is 10.4 Å². The second kappa shape index (κ2) is 4.42. The van der Waals surface area contributed by atoms with Gasteiger partial charge in [-0.05, 0) is 24.3 Å². The molecule has 0 saturated heterocycles. The highest BCUT2D eigenvalue weighted by molar-refractivity contribution is 5.90. The predicted molar refractivity (Wildman–Crippen MR) is 56.7 cm³/mol. The molecule has 0 amide bonds. The van der Waals surface area contributed by atoms with Crippen LogP contribution in [0.15, 0.2) is 54.6 Å². The molecular formula is C13H9O2. The summed E-state index contributed by atoms with van der Waals surface area (Å²) < 4.78 is 5.13. The molecule has 0 N–H and O–H groups in total. The molecule has 0 saturated carbocycles. The van der Waals surface area contributed by atoms with Gasteiger partial charge < -0.3 is 4.74 Å². The van der Waals surface area contributed by atoms with E-state index in [9.17, 15) is 4.79 Å². The first-order valence-electron chi connectivity index (χ1n) is 4.60. The molecule has 0 spiro atoms. The lowest BCUT2D eigenvalue weighted by Gasteiger charge is -2.02. The van der Waals surface area contributed by atoms with Crippen molar-refractivity contribution < 1.29 is 9.53 Å². The Morgan fingerprint density at radius 2 is 1.73 bits per heavy atom. The third-order valence-corrected chi connectivity index (χ3v) is 1.88. The van der Waals surface area contributed by atoms with E-state index in [1.165, 1.54) is 0 Å². The van der Waals surface area contributed by atoms with Gasteiger partial charge >= 0.3 is 5.97 Å². The van der Waals surface area contributed by atoms with Crippen LogP contribution >= 0.6 is 0 Å². The van der Waals surface area contributed by atoms with Gasteiger partial charge in [-0.3, -0.25) is 0 Å². The van der Waals surface area contributed by atoms with Gasteiger partial charge in [0.25, 0.3) is 0 Å². The number of para-hydroxylation sites is 1. The van der Waals surface area contributed by atoms with E-state index in [4.69, 9.17) is 4.74 Å². The van der Waals surface area contributed by atoms with E-state index in [-0.39, 0.29) is 5.97 Å². The Morgan fingerprint density at radius 1 is 1.00 bits per heavy atom. The van der Waals surface area contributed by atoms with Crippen molar-refractivity contribution in [2.75, 3.05) is 0 Å². The highest BCUT2D eigenvalue weighted by Crippen LogP contribution is 2.11. The second-order valence-electron chi connectivity index (χ2n) is 2.98. The van der Waals surface area contributed by atoms with Crippen LogP contribution in [0.3, 0.4) is 0 Å². The summed E-state index contributed by atoms with van der Waals surface area (Å²) in [5.74, 6) is 0.154. The fourth-order valence-corrected chi connectivity index (χ4v) is 1.17. The maximum Gasteiger partial charge on any atom is 0.344 e. The third kappa shape index (κ3) is 2.44. The molecule has 2 nitrogen and oxygen atoms in total. The smallest absolute Gasteiger partial charge is 0.344 e. The number of hydrogen-bond donors (Lipinski definition) is 0. The average molecular weight is 197 g/mol. The van der Waals surface area contributed by atoms with Crippen molar-refractivity contribution in [3.05, 3.63) is 66.2 Å². The Labute approximate surface area is 88.1 Å². The lowest BCUT2D eigenvalue weighted by Crippen LogP contribution is -2.07. The van der Waals surface area contributed by atoms with Crippen LogP contribution in [0.5, 0.6) is 5.75 Å². The van der Waals surface area contributed by atoms with Crippen LogP contribution in [0.25, 0.3) is 0 Å². The Kier molecular flexibility index (Phi) is 2.79. The molecular weight excluding hydrogens is 188 g/mol. The monoisotopic (exact) mass is 197 g/mol. The largest absolute Gasteiger partial charge is 0.423 e. The normalized spacial score (nSPS) is 9.60. The number of rotatable bonds is 2. The van der Waals surface area contributed by atoms with Crippen molar-refractivity contribution in [2.45, 2.75) is 0 Å². The van der Waals surface area contributed by atoms with E-state index in [0.29, 0.717) is 11.3 Å². The summed E-state index contributed by atoms with van der Waals surface area (Å²) in [5, 5.41) is 0. The highest BCUT2D eigenvalue weighted by Gasteiger charge is 2.06. The molecule has 0 aromatic heterocycles. The van der Waals surface area contributed by atoms with Gasteiger partial charge in [0.15, 0.2) is 0 Å². The molecule has 0 bridgehead atoms. The molecule has 0 atom stereocenters. The van der Waals surface area contributed by atoms with Gasteiger partial charge in [-0.2, -0.15) is 0 Å². The molecule has 2 aromatic rings. The summed E-state index contributed by atoms with van der Waals surface area (Å²) in [6, 6.07) is 18.7. The number of carbonyl (C=O) groups excluding carboxylic acids is 1. The summed E-state index contributed by atoms with van der Waals surface area (Å²) in [4.78, 5) is 11.6. The van der Waals surface area contributed by atoms with E-state index < -0.39 is 0 Å². The van der Waals surface area contributed by atoms with Gasteiger partial charge in [0.2, 0.25) is 0 Å². The molecule has 2 heteroatoms. The molecule has 2 aromatic carbocycles. The van der Waals surface area contributed by atoms with Gasteiger partial charge in [-0.1, -0.05) is 36.4 Å². The second-order valence-corrected chi connectivity index (χ2v) is 2.98. The first-order chi connectivity index (χ1) is 7.36. The Morgan fingerprint density at radius 3 is 2.40 bits per heavy atom. The van der Waals surface area contributed by atoms with E-state index in [0.717, 1.165) is 0 Å². The van der Waals surface area contributed by atoms with Crippen LogP contribution in [0, 0.1) is 6.07 Å². The molecule has 0 aliphatic rings. The van der Waals surface area contributed by atoms with E-state index in [2.05, 4.69) is 6.07 Å². The lowest BCUT2D eigenvalue weighted by molar-refractivity contribution is 0.0734. The molecule has 0 unspecified atom stereocenters. The summed E-state index contributed by atoms with van der Waals surface area (Å²) >= 11 is 0. The number of hydrogen-bond acceptors (Lipinski definition) is 2. The summed E-state index contributed by atoms with van der Waals surface area (Å²) in [5.41, 5.74) is 0.432. The molecule has 0 fully saturated rings. The quantitative estimate of drug-likeness (QED) is 0.546. The first-order valence-corrected chi connectivity index (χ1v) is 4.60. The zero-order chi connectivity index (χ0) is 10.5. The molecule has 0 aliphatic carbocycles. The molecule has 15 heavy (non-hydrogen) atoms. The minimum atomic E-state index is -0.387. The minimum absolute atomic E-state index is 0.387. The molecule has 0 heterocycles. The van der Waals surface area contributed by atoms with E-state index in [1.54, 1.807) is 36.4 Å². The van der Waals surface area contributed by atoms with Gasteiger partial charge in [0.05, 0.1) is 5.56 Å². The predicted octanol–water partition coefficient (Wildman–Crippen LogP) is 2.71. The lowest BCUT2D eigenvalue weighted by atomic mass is 10.2. The first kappa shape index (κ1) is 9.46. The minimum Gasteiger partial charge on any atom is -0.423 e. The topological polar surface area (TPSA) is 26.3 Å². The fraction of sp³-hybridized carbons (Fsp3) is 0. The number of carbonyl (C=O) groups is 1. The van der Waals surface area contributed by atoms with Crippen LogP contribution < -0.4 is 4.74 Å². The van der Waals surface area contributed by atoms with Crippen molar-refractivity contribution in [1.29, 1.82) is 0 Å². The number of esters is 1. The van der Waals surface area contributed by atoms with Crippen LogP contribution in [0.4, 0.5) is 0 Å². The van der Waals surface area contributed by atoms with Gasteiger partial charge in [0, 0.05) is 0 Å². The third-order valence-electron chi connectivity index (χ3n) is 1.88. The maximum atomic E-state index is 11.6. The molecule has 2 rings (SSSR count). The van der Waals surface area contributed by atoms with Crippen molar-refractivity contribution >= 4 is 5.97 Å². The summed E-state index contributed by atoms with van der Waals surface area (Å²) in [7, 11) is 0. The summed E-state index contributed by atoms with van der Waals surface area (Å²) in [6.07, 6.45) is 0.